The normalized spacial score (nSPS) is 10.4. The van der Waals surface area contributed by atoms with E-state index in [1.165, 1.54) is 11.8 Å². The van der Waals surface area contributed by atoms with E-state index < -0.39 is 0 Å². The molecule has 0 radical (unpaired) electrons. The zero-order chi connectivity index (χ0) is 13.8. The smallest absolute Gasteiger partial charge is 0.276 e. The zero-order valence-corrected chi connectivity index (χ0v) is 11.6. The first-order valence-electron chi connectivity index (χ1n) is 6.01. The lowest BCUT2D eigenvalue weighted by Gasteiger charge is -2.05. The Labute approximate surface area is 120 Å². The van der Waals surface area contributed by atoms with Crippen molar-refractivity contribution in [3.05, 3.63) is 48.7 Å². The van der Waals surface area contributed by atoms with E-state index in [9.17, 15) is 0 Å². The van der Waals surface area contributed by atoms with Crippen LogP contribution in [0.1, 0.15) is 0 Å². The summed E-state index contributed by atoms with van der Waals surface area (Å²) in [5, 5.41) is 11.7. The average molecular weight is 284 g/mol. The highest BCUT2D eigenvalue weighted by Gasteiger charge is 2.08. The van der Waals surface area contributed by atoms with Crippen LogP contribution in [0, 0.1) is 0 Å². The van der Waals surface area contributed by atoms with Crippen LogP contribution >= 0.6 is 11.8 Å². The Morgan fingerprint density at radius 1 is 1.10 bits per heavy atom. The molecule has 20 heavy (non-hydrogen) atoms. The van der Waals surface area contributed by atoms with Gasteiger partial charge in [0, 0.05) is 17.4 Å². The van der Waals surface area contributed by atoms with Gasteiger partial charge in [0.05, 0.1) is 0 Å². The van der Waals surface area contributed by atoms with Crippen molar-refractivity contribution in [2.45, 2.75) is 5.22 Å². The molecule has 0 amide bonds. The molecule has 0 atom stereocenters. The third-order valence-corrected chi connectivity index (χ3v) is 3.15. The number of para-hydroxylation sites is 1. The van der Waals surface area contributed by atoms with Gasteiger partial charge in [-0.15, -0.1) is 10.2 Å². The molecule has 3 aromatic rings. The summed E-state index contributed by atoms with van der Waals surface area (Å²) in [7, 11) is 0. The Balaban J connectivity index is 1.86. The number of hydrogen-bond donors (Lipinski definition) is 1. The predicted molar refractivity (Wildman–Crippen MR) is 79.0 cm³/mol. The molecule has 0 aliphatic rings. The standard InChI is InChI=1S/C14H12N4OS/c1-20-14-18-17-13(19-14)10-7-8-15-12(9-10)16-11-5-3-2-4-6-11/h2-9H,1H3,(H,15,16). The maximum Gasteiger partial charge on any atom is 0.276 e. The van der Waals surface area contributed by atoms with E-state index in [-0.39, 0.29) is 0 Å². The SMILES string of the molecule is CSc1nnc(-c2ccnc(Nc3ccccc3)c2)o1. The maximum absolute atomic E-state index is 5.51. The highest BCUT2D eigenvalue weighted by molar-refractivity contribution is 7.98. The van der Waals surface area contributed by atoms with E-state index in [1.807, 2.05) is 48.7 Å². The summed E-state index contributed by atoms with van der Waals surface area (Å²) in [6.45, 7) is 0. The van der Waals surface area contributed by atoms with Crippen molar-refractivity contribution in [1.82, 2.24) is 15.2 Å². The van der Waals surface area contributed by atoms with E-state index in [2.05, 4.69) is 20.5 Å². The Bertz CT molecular complexity index is 699. The third kappa shape index (κ3) is 2.80. The quantitative estimate of drug-likeness (QED) is 0.738. The lowest BCUT2D eigenvalue weighted by atomic mass is 10.2. The van der Waals surface area contributed by atoms with Crippen LogP contribution in [-0.2, 0) is 0 Å². The molecule has 0 fully saturated rings. The van der Waals surface area contributed by atoms with E-state index in [1.54, 1.807) is 6.20 Å². The molecular weight excluding hydrogens is 272 g/mol. The summed E-state index contributed by atoms with van der Waals surface area (Å²) in [5.41, 5.74) is 1.82. The number of benzene rings is 1. The first kappa shape index (κ1) is 12.7. The summed E-state index contributed by atoms with van der Waals surface area (Å²) in [5.74, 6) is 1.23. The summed E-state index contributed by atoms with van der Waals surface area (Å²) in [6.07, 6.45) is 3.61. The zero-order valence-electron chi connectivity index (χ0n) is 10.8. The predicted octanol–water partition coefficient (Wildman–Crippen LogP) is 3.60. The van der Waals surface area contributed by atoms with Crippen molar-refractivity contribution >= 4 is 23.3 Å². The molecular formula is C14H12N4OS. The van der Waals surface area contributed by atoms with Gasteiger partial charge in [0.1, 0.15) is 5.82 Å². The van der Waals surface area contributed by atoms with Gasteiger partial charge in [0.2, 0.25) is 5.89 Å². The van der Waals surface area contributed by atoms with Gasteiger partial charge < -0.3 is 9.73 Å². The first-order chi connectivity index (χ1) is 9.85. The van der Waals surface area contributed by atoms with E-state index in [0.717, 1.165) is 17.1 Å². The van der Waals surface area contributed by atoms with E-state index >= 15 is 0 Å². The summed E-state index contributed by atoms with van der Waals surface area (Å²) >= 11 is 1.42. The molecule has 0 aliphatic heterocycles. The van der Waals surface area contributed by atoms with Crippen LogP contribution in [0.3, 0.4) is 0 Å². The van der Waals surface area contributed by atoms with Crippen molar-refractivity contribution in [3.63, 3.8) is 0 Å². The largest absolute Gasteiger partial charge is 0.411 e. The van der Waals surface area contributed by atoms with Crippen LogP contribution in [-0.4, -0.2) is 21.4 Å². The van der Waals surface area contributed by atoms with E-state index in [4.69, 9.17) is 4.42 Å². The number of rotatable bonds is 4. The van der Waals surface area contributed by atoms with Gasteiger partial charge in [-0.25, -0.2) is 4.98 Å². The summed E-state index contributed by atoms with van der Waals surface area (Å²) in [4.78, 5) is 4.28. The molecule has 0 saturated carbocycles. The van der Waals surface area contributed by atoms with Crippen molar-refractivity contribution in [1.29, 1.82) is 0 Å². The number of anilines is 2. The number of aromatic nitrogens is 3. The fraction of sp³-hybridized carbons (Fsp3) is 0.0714. The van der Waals surface area contributed by atoms with Gasteiger partial charge in [-0.3, -0.25) is 0 Å². The van der Waals surface area contributed by atoms with Gasteiger partial charge in [0.25, 0.3) is 5.22 Å². The number of nitrogens with zero attached hydrogens (tertiary/aromatic N) is 3. The summed E-state index contributed by atoms with van der Waals surface area (Å²) in [6, 6.07) is 13.6. The lowest BCUT2D eigenvalue weighted by Crippen LogP contribution is -1.93. The molecule has 6 heteroatoms. The van der Waals surface area contributed by atoms with E-state index in [0.29, 0.717) is 11.1 Å². The first-order valence-corrected chi connectivity index (χ1v) is 7.23. The Hall–Kier alpha value is -2.34. The van der Waals surface area contributed by atoms with Gasteiger partial charge in [0.15, 0.2) is 0 Å². The molecule has 100 valence electrons. The van der Waals surface area contributed by atoms with Gasteiger partial charge in [-0.1, -0.05) is 30.0 Å². The molecule has 0 unspecified atom stereocenters. The Kier molecular flexibility index (Phi) is 3.64. The minimum absolute atomic E-state index is 0.493. The van der Waals surface area contributed by atoms with Crippen molar-refractivity contribution in [3.8, 4) is 11.5 Å². The van der Waals surface area contributed by atoms with Crippen LogP contribution in [0.2, 0.25) is 0 Å². The lowest BCUT2D eigenvalue weighted by molar-refractivity contribution is 0.466. The van der Waals surface area contributed by atoms with Crippen LogP contribution in [0.15, 0.2) is 58.3 Å². The highest BCUT2D eigenvalue weighted by atomic mass is 32.2. The monoisotopic (exact) mass is 284 g/mol. The van der Waals surface area contributed by atoms with Gasteiger partial charge >= 0.3 is 0 Å². The second-order valence-corrected chi connectivity index (χ2v) is 4.76. The van der Waals surface area contributed by atoms with Crippen LogP contribution < -0.4 is 5.32 Å². The van der Waals surface area contributed by atoms with Crippen molar-refractivity contribution in [2.75, 3.05) is 11.6 Å². The molecule has 5 nitrogen and oxygen atoms in total. The third-order valence-electron chi connectivity index (χ3n) is 2.63. The Morgan fingerprint density at radius 2 is 1.95 bits per heavy atom. The second-order valence-electron chi connectivity index (χ2n) is 4.00. The minimum Gasteiger partial charge on any atom is -0.411 e. The number of thioether (sulfide) groups is 1. The molecule has 2 heterocycles. The topological polar surface area (TPSA) is 63.8 Å². The molecule has 3 rings (SSSR count). The number of pyridine rings is 1. The maximum atomic E-state index is 5.51. The second kappa shape index (κ2) is 5.75. The number of nitrogens with one attached hydrogen (secondary N) is 1. The molecule has 0 spiro atoms. The number of hydrogen-bond acceptors (Lipinski definition) is 6. The van der Waals surface area contributed by atoms with Crippen LogP contribution in [0.5, 0.6) is 0 Å². The molecule has 0 saturated heterocycles. The minimum atomic E-state index is 0.493. The molecule has 0 bridgehead atoms. The molecule has 0 aliphatic carbocycles. The molecule has 1 aromatic carbocycles. The highest BCUT2D eigenvalue weighted by Crippen LogP contribution is 2.24. The van der Waals surface area contributed by atoms with Gasteiger partial charge in [-0.2, -0.15) is 0 Å². The van der Waals surface area contributed by atoms with Crippen molar-refractivity contribution in [2.24, 2.45) is 0 Å². The van der Waals surface area contributed by atoms with Crippen molar-refractivity contribution < 1.29 is 4.42 Å². The average Bonchev–Trinajstić information content (AvgIpc) is 2.98. The summed E-state index contributed by atoms with van der Waals surface area (Å²) < 4.78 is 5.51. The fourth-order valence-corrected chi connectivity index (χ4v) is 1.99. The molecule has 1 N–H and O–H groups in total. The van der Waals surface area contributed by atoms with Crippen LogP contribution in [0.4, 0.5) is 11.5 Å². The van der Waals surface area contributed by atoms with Gasteiger partial charge in [-0.05, 0) is 30.5 Å². The fourth-order valence-electron chi connectivity index (χ4n) is 1.71. The molecule has 2 aromatic heterocycles. The Morgan fingerprint density at radius 3 is 2.70 bits per heavy atom. The van der Waals surface area contributed by atoms with Crippen LogP contribution in [0.25, 0.3) is 11.5 Å².